The maximum atomic E-state index is 12.7. The lowest BCUT2D eigenvalue weighted by atomic mass is 9.51. The van der Waals surface area contributed by atoms with Crippen molar-refractivity contribution in [3.8, 4) is 0 Å². The number of rotatable bonds is 2. The Bertz CT molecular complexity index is 862. The summed E-state index contributed by atoms with van der Waals surface area (Å²) >= 11 is 0. The number of allylic oxidation sites excluding steroid dienone is 1. The van der Waals surface area contributed by atoms with Crippen molar-refractivity contribution in [2.75, 3.05) is 7.11 Å². The number of methoxy groups -OCH3 is 1. The fraction of sp³-hybridized carbons (Fsp3) is 0.700. The molecule has 8 heteroatoms. The summed E-state index contributed by atoms with van der Waals surface area (Å²) in [5, 5.41) is 23.4. The van der Waals surface area contributed by atoms with Gasteiger partial charge in [0, 0.05) is 12.3 Å². The van der Waals surface area contributed by atoms with E-state index in [1.54, 1.807) is 20.8 Å². The van der Waals surface area contributed by atoms with Crippen molar-refractivity contribution < 1.29 is 38.7 Å². The standard InChI is InChI=1S/C20H24O8/c1-7(2)10-11-17(23)26-12(10)13(21)18(4)19(14-15(27-14)20(11,18)24)6-9(8(3)28-19)16(22)25-5/h10-15,21,24H,1,6H2,2-5H3/t10-,11-,12-,13-,14+,15-,18-,19+,20-/m0/s1. The highest BCUT2D eigenvalue weighted by molar-refractivity contribution is 5.90. The predicted molar refractivity (Wildman–Crippen MR) is 92.5 cm³/mol. The Morgan fingerprint density at radius 1 is 1.36 bits per heavy atom. The minimum absolute atomic E-state index is 0.119. The highest BCUT2D eigenvalue weighted by Gasteiger charge is 2.92. The van der Waals surface area contributed by atoms with Gasteiger partial charge in [0.25, 0.3) is 0 Å². The lowest BCUT2D eigenvalue weighted by Gasteiger charge is -2.57. The Balaban J connectivity index is 1.67. The van der Waals surface area contributed by atoms with Crippen molar-refractivity contribution in [1.29, 1.82) is 0 Å². The summed E-state index contributed by atoms with van der Waals surface area (Å²) in [6.07, 6.45) is -3.18. The van der Waals surface area contributed by atoms with Crippen LogP contribution in [0, 0.1) is 17.3 Å². The van der Waals surface area contributed by atoms with E-state index < -0.39 is 64.8 Å². The Morgan fingerprint density at radius 2 is 2.04 bits per heavy atom. The zero-order chi connectivity index (χ0) is 20.4. The van der Waals surface area contributed by atoms with Crippen molar-refractivity contribution in [1.82, 2.24) is 0 Å². The van der Waals surface area contributed by atoms with E-state index in [2.05, 4.69) is 6.58 Å². The minimum atomic E-state index is -1.71. The monoisotopic (exact) mass is 392 g/mol. The van der Waals surface area contributed by atoms with Crippen LogP contribution < -0.4 is 0 Å². The normalized spacial score (nSPS) is 52.9. The molecular formula is C20H24O8. The van der Waals surface area contributed by atoms with Gasteiger partial charge in [-0.25, -0.2) is 4.79 Å². The van der Waals surface area contributed by atoms with E-state index in [-0.39, 0.29) is 6.42 Å². The van der Waals surface area contributed by atoms with Gasteiger partial charge in [-0.3, -0.25) is 4.79 Å². The van der Waals surface area contributed by atoms with Crippen molar-refractivity contribution in [3.63, 3.8) is 0 Å². The number of esters is 2. The summed E-state index contributed by atoms with van der Waals surface area (Å²) in [6.45, 7) is 9.06. The molecule has 0 radical (unpaired) electrons. The molecule has 2 bridgehead atoms. The number of ether oxygens (including phenoxy) is 4. The van der Waals surface area contributed by atoms with Crippen molar-refractivity contribution >= 4 is 11.9 Å². The first-order valence-corrected chi connectivity index (χ1v) is 9.45. The van der Waals surface area contributed by atoms with Crippen LogP contribution >= 0.6 is 0 Å². The topological polar surface area (TPSA) is 115 Å². The highest BCUT2D eigenvalue weighted by Crippen LogP contribution is 2.75. The van der Waals surface area contributed by atoms with Gasteiger partial charge in [-0.15, -0.1) is 0 Å². The largest absolute Gasteiger partial charge is 0.487 e. The zero-order valence-electron chi connectivity index (χ0n) is 16.2. The quantitative estimate of drug-likeness (QED) is 0.390. The Labute approximate surface area is 162 Å². The van der Waals surface area contributed by atoms with Crippen LogP contribution in [0.3, 0.4) is 0 Å². The highest BCUT2D eigenvalue weighted by atomic mass is 16.7. The van der Waals surface area contributed by atoms with Crippen molar-refractivity contribution in [2.45, 2.75) is 62.8 Å². The molecule has 5 rings (SSSR count). The van der Waals surface area contributed by atoms with E-state index >= 15 is 0 Å². The molecule has 0 aromatic rings. The molecule has 1 spiro atoms. The number of carbonyl (C=O) groups excluding carboxylic acids is 2. The molecule has 0 aromatic heterocycles. The van der Waals surface area contributed by atoms with E-state index in [0.717, 1.165) is 0 Å². The second-order valence-electron chi connectivity index (χ2n) is 8.90. The third kappa shape index (κ3) is 1.58. The van der Waals surface area contributed by atoms with Crippen molar-refractivity contribution in [2.24, 2.45) is 17.3 Å². The zero-order valence-corrected chi connectivity index (χ0v) is 16.2. The lowest BCUT2D eigenvalue weighted by molar-refractivity contribution is -0.272. The maximum absolute atomic E-state index is 12.7. The molecule has 0 amide bonds. The molecule has 2 N–H and O–H groups in total. The van der Waals surface area contributed by atoms with Gasteiger partial charge in [-0.1, -0.05) is 19.1 Å². The molecule has 2 saturated heterocycles. The molecule has 152 valence electrons. The molecule has 4 fully saturated rings. The molecule has 28 heavy (non-hydrogen) atoms. The molecule has 5 aliphatic rings. The SMILES string of the molecule is C=C(C)[C@@H]1[C@@H]2OC(=O)[C@H]1[C@]1(O)[C@H]3O[C@H]3[C@]3(CC(C(=O)OC)=C(C)O3)[C@]1(C)[C@H]2O. The van der Waals surface area contributed by atoms with Crippen LogP contribution in [0.5, 0.6) is 0 Å². The minimum Gasteiger partial charge on any atom is -0.487 e. The van der Waals surface area contributed by atoms with E-state index in [0.29, 0.717) is 16.9 Å². The van der Waals surface area contributed by atoms with E-state index in [1.165, 1.54) is 7.11 Å². The van der Waals surface area contributed by atoms with Crippen LogP contribution in [-0.4, -0.2) is 64.9 Å². The van der Waals surface area contributed by atoms with Gasteiger partial charge >= 0.3 is 11.9 Å². The number of hydrogen-bond acceptors (Lipinski definition) is 8. The van der Waals surface area contributed by atoms with Crippen LogP contribution in [0.4, 0.5) is 0 Å². The fourth-order valence-electron chi connectivity index (χ4n) is 6.49. The number of aliphatic hydroxyl groups excluding tert-OH is 1. The second-order valence-corrected chi connectivity index (χ2v) is 8.90. The molecule has 3 aliphatic heterocycles. The average molecular weight is 392 g/mol. The lowest BCUT2D eigenvalue weighted by Crippen LogP contribution is -2.72. The molecule has 2 saturated carbocycles. The van der Waals surface area contributed by atoms with E-state index in [1.807, 2.05) is 0 Å². The fourth-order valence-corrected chi connectivity index (χ4v) is 6.49. The summed E-state index contributed by atoms with van der Waals surface area (Å²) < 4.78 is 22.4. The van der Waals surface area contributed by atoms with Crippen LogP contribution in [-0.2, 0) is 28.5 Å². The van der Waals surface area contributed by atoms with Gasteiger partial charge < -0.3 is 29.2 Å². The number of hydrogen-bond donors (Lipinski definition) is 2. The summed E-state index contributed by atoms with van der Waals surface area (Å²) in [4.78, 5) is 25.0. The number of aliphatic hydroxyl groups is 2. The smallest absolute Gasteiger partial charge is 0.337 e. The number of fused-ring (bicyclic) bond motifs is 8. The molecular weight excluding hydrogens is 368 g/mol. The van der Waals surface area contributed by atoms with Gasteiger partial charge in [0.1, 0.15) is 35.8 Å². The predicted octanol–water partition coefficient (Wildman–Crippen LogP) is 0.219. The van der Waals surface area contributed by atoms with Gasteiger partial charge in [-0.2, -0.15) is 0 Å². The van der Waals surface area contributed by atoms with E-state index in [4.69, 9.17) is 18.9 Å². The van der Waals surface area contributed by atoms with Crippen LogP contribution in [0.15, 0.2) is 23.5 Å². The van der Waals surface area contributed by atoms with Crippen molar-refractivity contribution in [3.05, 3.63) is 23.5 Å². The first-order valence-electron chi connectivity index (χ1n) is 9.45. The molecule has 0 aromatic carbocycles. The summed E-state index contributed by atoms with van der Waals surface area (Å²) in [5.74, 6) is -2.14. The van der Waals surface area contributed by atoms with Gasteiger partial charge in [0.05, 0.1) is 24.0 Å². The second kappa shape index (κ2) is 4.98. The van der Waals surface area contributed by atoms with Crippen LogP contribution in [0.1, 0.15) is 27.2 Å². The number of epoxide rings is 1. The summed E-state index contributed by atoms with van der Waals surface area (Å²) in [7, 11) is 1.29. The summed E-state index contributed by atoms with van der Waals surface area (Å²) in [6, 6.07) is 0. The third-order valence-corrected chi connectivity index (χ3v) is 7.89. The molecule has 3 heterocycles. The van der Waals surface area contributed by atoms with Gasteiger partial charge in [0.15, 0.2) is 5.60 Å². The first-order chi connectivity index (χ1) is 13.1. The van der Waals surface area contributed by atoms with Gasteiger partial charge in [0.2, 0.25) is 0 Å². The molecule has 9 atom stereocenters. The number of carbonyl (C=O) groups is 2. The van der Waals surface area contributed by atoms with Crippen LogP contribution in [0.2, 0.25) is 0 Å². The molecule has 0 unspecified atom stereocenters. The van der Waals surface area contributed by atoms with Crippen LogP contribution in [0.25, 0.3) is 0 Å². The van der Waals surface area contributed by atoms with Gasteiger partial charge in [-0.05, 0) is 13.8 Å². The Kier molecular flexibility index (Phi) is 3.23. The Hall–Kier alpha value is -1.90. The Morgan fingerprint density at radius 3 is 2.64 bits per heavy atom. The average Bonchev–Trinajstić information content (AvgIpc) is 3.24. The molecule has 8 nitrogen and oxygen atoms in total. The molecule has 2 aliphatic carbocycles. The first kappa shape index (κ1) is 18.1. The summed E-state index contributed by atoms with van der Waals surface area (Å²) in [5.41, 5.74) is -3.19. The third-order valence-electron chi connectivity index (χ3n) is 7.89. The maximum Gasteiger partial charge on any atom is 0.337 e. The van der Waals surface area contributed by atoms with E-state index in [9.17, 15) is 19.8 Å².